The van der Waals surface area contributed by atoms with Crippen LogP contribution in [0.15, 0.2) is 55.3 Å². The molecule has 1 fully saturated rings. The van der Waals surface area contributed by atoms with E-state index in [1.807, 2.05) is 18.2 Å². The monoisotopic (exact) mass is 408 g/mol. The number of ether oxygens (including phenoxy) is 1. The fraction of sp³-hybridized carbons (Fsp3) is 0.176. The van der Waals surface area contributed by atoms with Crippen molar-refractivity contribution < 1.29 is 17.9 Å². The number of sulfonamides is 1. The second-order valence-corrected chi connectivity index (χ2v) is 9.01. The van der Waals surface area contributed by atoms with E-state index < -0.39 is 10.0 Å². The van der Waals surface area contributed by atoms with Crippen LogP contribution in [0.1, 0.15) is 12.5 Å². The number of carbonyl (C=O) groups is 1. The Balaban J connectivity index is 1.96. The molecule has 1 aromatic carbocycles. The molecule has 3 rings (SSSR count). The molecule has 0 atom stereocenters. The van der Waals surface area contributed by atoms with Crippen molar-refractivity contribution in [1.82, 2.24) is 4.90 Å². The van der Waals surface area contributed by atoms with Gasteiger partial charge >= 0.3 is 0 Å². The van der Waals surface area contributed by atoms with Gasteiger partial charge in [0.1, 0.15) is 9.96 Å². The average Bonchev–Trinajstić information content (AvgIpc) is 3.25. The van der Waals surface area contributed by atoms with E-state index in [0.29, 0.717) is 17.2 Å². The molecule has 1 amide bonds. The van der Waals surface area contributed by atoms with Gasteiger partial charge in [0.15, 0.2) is 5.17 Å². The highest BCUT2D eigenvalue weighted by atomic mass is 32.2. The predicted molar refractivity (Wildman–Crippen MR) is 105 cm³/mol. The second kappa shape index (κ2) is 7.65. The number of amides is 1. The van der Waals surface area contributed by atoms with Crippen LogP contribution >= 0.6 is 23.1 Å². The van der Waals surface area contributed by atoms with Gasteiger partial charge in [0, 0.05) is 6.54 Å². The van der Waals surface area contributed by atoms with Crippen LogP contribution in [0.5, 0.6) is 5.75 Å². The lowest BCUT2D eigenvalue weighted by atomic mass is 10.2. The summed E-state index contributed by atoms with van der Waals surface area (Å²) in [6.45, 7) is 2.11. The molecule has 2 heterocycles. The number of rotatable bonds is 5. The summed E-state index contributed by atoms with van der Waals surface area (Å²) in [5.41, 5.74) is 0.790. The summed E-state index contributed by atoms with van der Waals surface area (Å²) in [5.74, 6) is 0.414. The van der Waals surface area contributed by atoms with Crippen molar-refractivity contribution in [2.45, 2.75) is 11.1 Å². The molecule has 136 valence electrons. The summed E-state index contributed by atoms with van der Waals surface area (Å²) in [6, 6.07) is 10.4. The van der Waals surface area contributed by atoms with E-state index in [4.69, 9.17) is 4.74 Å². The number of hydrogen-bond donors (Lipinski definition) is 0. The normalized spacial score (nSPS) is 18.1. The Morgan fingerprint density at radius 3 is 2.73 bits per heavy atom. The van der Waals surface area contributed by atoms with Gasteiger partial charge in [0.05, 0.1) is 12.0 Å². The Bertz CT molecular complexity index is 979. The summed E-state index contributed by atoms with van der Waals surface area (Å²) >= 11 is 2.15. The largest absolute Gasteiger partial charge is 0.497 e. The fourth-order valence-electron chi connectivity index (χ4n) is 2.30. The number of carbonyl (C=O) groups excluding carboxylic acids is 1. The van der Waals surface area contributed by atoms with E-state index in [1.165, 1.54) is 11.0 Å². The smallest absolute Gasteiger partial charge is 0.294 e. The molecule has 1 aliphatic heterocycles. The zero-order chi connectivity index (χ0) is 18.7. The topological polar surface area (TPSA) is 76.0 Å². The van der Waals surface area contributed by atoms with Crippen molar-refractivity contribution in [1.29, 1.82) is 0 Å². The van der Waals surface area contributed by atoms with E-state index >= 15 is 0 Å². The molecular formula is C17H16N2O4S3. The molecule has 9 heteroatoms. The predicted octanol–water partition coefficient (Wildman–Crippen LogP) is 3.44. The Labute approximate surface area is 160 Å². The lowest BCUT2D eigenvalue weighted by molar-refractivity contribution is -0.122. The van der Waals surface area contributed by atoms with Crippen LogP contribution in [-0.2, 0) is 14.8 Å². The van der Waals surface area contributed by atoms with Gasteiger partial charge in [0.25, 0.3) is 15.9 Å². The van der Waals surface area contributed by atoms with Crippen LogP contribution < -0.4 is 4.74 Å². The van der Waals surface area contributed by atoms with Gasteiger partial charge in [-0.3, -0.25) is 9.69 Å². The first-order valence-electron chi connectivity index (χ1n) is 7.68. The number of nitrogens with zero attached hydrogens (tertiary/aromatic N) is 2. The summed E-state index contributed by atoms with van der Waals surface area (Å²) in [6.07, 6.45) is 1.71. The molecule has 1 saturated heterocycles. The minimum Gasteiger partial charge on any atom is -0.497 e. The van der Waals surface area contributed by atoms with E-state index in [-0.39, 0.29) is 15.3 Å². The number of likely N-dealkylation sites (N-methyl/N-ethyl adjacent to an activating group) is 1. The molecule has 0 bridgehead atoms. The third kappa shape index (κ3) is 3.84. The summed E-state index contributed by atoms with van der Waals surface area (Å²) in [5, 5.41) is 1.84. The highest BCUT2D eigenvalue weighted by molar-refractivity contribution is 8.19. The van der Waals surface area contributed by atoms with Crippen molar-refractivity contribution >= 4 is 50.3 Å². The third-order valence-corrected chi connectivity index (χ3v) is 7.31. The first-order valence-corrected chi connectivity index (χ1v) is 10.8. The van der Waals surface area contributed by atoms with E-state index in [0.717, 1.165) is 28.7 Å². The lowest BCUT2D eigenvalue weighted by Gasteiger charge is -2.11. The van der Waals surface area contributed by atoms with E-state index in [1.54, 1.807) is 37.6 Å². The van der Waals surface area contributed by atoms with E-state index in [9.17, 15) is 13.2 Å². The maximum atomic E-state index is 12.6. The van der Waals surface area contributed by atoms with Gasteiger partial charge in [-0.25, -0.2) is 0 Å². The minimum atomic E-state index is -3.83. The molecule has 0 unspecified atom stereocenters. The molecule has 0 N–H and O–H groups in total. The average molecular weight is 409 g/mol. The van der Waals surface area contributed by atoms with Crippen LogP contribution in [0, 0.1) is 0 Å². The zero-order valence-electron chi connectivity index (χ0n) is 14.1. The molecule has 1 aliphatic rings. The molecular weight excluding hydrogens is 392 g/mol. The SMILES string of the molecule is CCN1C(=O)/C(=C/c2cccc(OC)c2)S/C1=N\S(=O)(=O)c1cccs1. The Morgan fingerprint density at radius 2 is 2.08 bits per heavy atom. The summed E-state index contributed by atoms with van der Waals surface area (Å²) < 4.78 is 34.0. The van der Waals surface area contributed by atoms with Crippen LogP contribution in [0.4, 0.5) is 0 Å². The Kier molecular flexibility index (Phi) is 5.49. The molecule has 6 nitrogen and oxygen atoms in total. The highest BCUT2D eigenvalue weighted by Crippen LogP contribution is 2.34. The van der Waals surface area contributed by atoms with Gasteiger partial charge in [0.2, 0.25) is 0 Å². The minimum absolute atomic E-state index is 0.152. The molecule has 2 aromatic rings. The molecule has 0 spiro atoms. The van der Waals surface area contributed by atoms with Crippen LogP contribution in [0.2, 0.25) is 0 Å². The van der Waals surface area contributed by atoms with Gasteiger partial charge in [-0.05, 0) is 53.9 Å². The van der Waals surface area contributed by atoms with Gasteiger partial charge in [-0.15, -0.1) is 15.7 Å². The molecule has 0 saturated carbocycles. The number of amidine groups is 1. The Hall–Kier alpha value is -2.10. The third-order valence-electron chi connectivity index (χ3n) is 3.54. The van der Waals surface area contributed by atoms with Gasteiger partial charge < -0.3 is 4.74 Å². The summed E-state index contributed by atoms with van der Waals surface area (Å²) in [7, 11) is -2.26. The van der Waals surface area contributed by atoms with Crippen molar-refractivity contribution in [3.05, 3.63) is 52.2 Å². The van der Waals surface area contributed by atoms with Crippen LogP contribution in [0.25, 0.3) is 6.08 Å². The molecule has 0 radical (unpaired) electrons. The number of hydrogen-bond acceptors (Lipinski definition) is 6. The van der Waals surface area contributed by atoms with Crippen LogP contribution in [-0.4, -0.2) is 38.0 Å². The quantitative estimate of drug-likeness (QED) is 0.709. The zero-order valence-corrected chi connectivity index (χ0v) is 16.5. The van der Waals surface area contributed by atoms with E-state index in [2.05, 4.69) is 4.40 Å². The number of methoxy groups -OCH3 is 1. The maximum absolute atomic E-state index is 12.6. The van der Waals surface area contributed by atoms with Gasteiger partial charge in [-0.1, -0.05) is 18.2 Å². The Morgan fingerprint density at radius 1 is 1.27 bits per heavy atom. The van der Waals surface area contributed by atoms with Gasteiger partial charge in [-0.2, -0.15) is 8.42 Å². The van der Waals surface area contributed by atoms with Crippen molar-refractivity contribution in [2.75, 3.05) is 13.7 Å². The first-order chi connectivity index (χ1) is 12.4. The number of thioether (sulfide) groups is 1. The van der Waals surface area contributed by atoms with Crippen molar-refractivity contribution in [3.8, 4) is 5.75 Å². The number of thiophene rings is 1. The van der Waals surface area contributed by atoms with Crippen molar-refractivity contribution in [2.24, 2.45) is 4.40 Å². The molecule has 26 heavy (non-hydrogen) atoms. The fourth-order valence-corrected chi connectivity index (χ4v) is 5.51. The number of benzene rings is 1. The highest BCUT2D eigenvalue weighted by Gasteiger charge is 2.34. The summed E-state index contributed by atoms with van der Waals surface area (Å²) in [4.78, 5) is 14.4. The molecule has 0 aliphatic carbocycles. The lowest BCUT2D eigenvalue weighted by Crippen LogP contribution is -2.29. The van der Waals surface area contributed by atoms with Crippen molar-refractivity contribution in [3.63, 3.8) is 0 Å². The standard InChI is InChI=1S/C17H16N2O4S3/c1-3-19-16(20)14(11-12-6-4-7-13(10-12)23-2)25-17(19)18-26(21,22)15-8-5-9-24-15/h4-11H,3H2,1-2H3/b14-11-,18-17-. The second-order valence-electron chi connectivity index (χ2n) is 5.22. The maximum Gasteiger partial charge on any atom is 0.294 e. The molecule has 1 aromatic heterocycles. The first kappa shape index (κ1) is 18.7. The van der Waals surface area contributed by atoms with Crippen LogP contribution in [0.3, 0.4) is 0 Å².